The van der Waals surface area contributed by atoms with E-state index in [4.69, 9.17) is 27.9 Å². The summed E-state index contributed by atoms with van der Waals surface area (Å²) >= 11 is 12.0. The van der Waals surface area contributed by atoms with Crippen LogP contribution in [0.15, 0.2) is 42.5 Å². The van der Waals surface area contributed by atoms with E-state index in [0.717, 1.165) is 6.08 Å². The second-order valence-corrected chi connectivity index (χ2v) is 6.20. The Kier molecular flexibility index (Phi) is 6.92. The molecule has 7 nitrogen and oxygen atoms in total. The van der Waals surface area contributed by atoms with E-state index >= 15 is 0 Å². The lowest BCUT2D eigenvalue weighted by Crippen LogP contribution is -2.20. The number of aryl methyl sites for hydroxylation is 1. The van der Waals surface area contributed by atoms with Crippen molar-refractivity contribution in [2.75, 3.05) is 11.9 Å². The van der Waals surface area contributed by atoms with Gasteiger partial charge in [-0.15, -0.1) is 0 Å². The molecule has 0 bridgehead atoms. The molecule has 0 atom stereocenters. The van der Waals surface area contributed by atoms with Gasteiger partial charge in [0, 0.05) is 33.8 Å². The second-order valence-electron chi connectivity index (χ2n) is 5.38. The molecule has 2 aromatic rings. The van der Waals surface area contributed by atoms with Crippen LogP contribution in [0.1, 0.15) is 11.1 Å². The standard InChI is InChI=1S/C18H14Cl2N2O5/c1-11-5-6-12(22(25)26)9-16(11)21-17(23)10-27-18(24)8-7-13-14(19)3-2-4-15(13)20/h2-9H,10H2,1H3,(H,21,23)/b8-7+. The molecule has 9 heteroatoms. The lowest BCUT2D eigenvalue weighted by molar-refractivity contribution is -0.384. The van der Waals surface area contributed by atoms with E-state index in [9.17, 15) is 19.7 Å². The number of nitro benzene ring substituents is 1. The number of carbonyl (C=O) groups is 2. The molecule has 0 fully saturated rings. The van der Waals surface area contributed by atoms with E-state index in [0.29, 0.717) is 21.2 Å². The first-order valence-electron chi connectivity index (χ1n) is 7.61. The molecular formula is C18H14Cl2N2O5. The first-order chi connectivity index (χ1) is 12.8. The minimum atomic E-state index is -0.767. The summed E-state index contributed by atoms with van der Waals surface area (Å²) in [6.45, 7) is 1.13. The highest BCUT2D eigenvalue weighted by Crippen LogP contribution is 2.25. The maximum absolute atomic E-state index is 11.9. The number of ether oxygens (including phenoxy) is 1. The number of benzene rings is 2. The van der Waals surface area contributed by atoms with Crippen molar-refractivity contribution in [3.05, 3.63) is 73.8 Å². The van der Waals surface area contributed by atoms with Crippen LogP contribution >= 0.6 is 23.2 Å². The number of nitro groups is 1. The molecule has 0 saturated heterocycles. The number of nitrogens with zero attached hydrogens (tertiary/aromatic N) is 1. The largest absolute Gasteiger partial charge is 0.452 e. The van der Waals surface area contributed by atoms with Gasteiger partial charge in [0.1, 0.15) is 0 Å². The molecule has 0 aliphatic rings. The van der Waals surface area contributed by atoms with Crippen molar-refractivity contribution in [2.24, 2.45) is 0 Å². The summed E-state index contributed by atoms with van der Waals surface area (Å²) in [5.41, 5.74) is 1.19. The van der Waals surface area contributed by atoms with E-state index in [1.165, 1.54) is 24.3 Å². The summed E-state index contributed by atoms with van der Waals surface area (Å²) < 4.78 is 4.84. The third-order valence-corrected chi connectivity index (χ3v) is 4.10. The molecule has 1 N–H and O–H groups in total. The number of hydrogen-bond acceptors (Lipinski definition) is 5. The van der Waals surface area contributed by atoms with Crippen LogP contribution in [0.5, 0.6) is 0 Å². The van der Waals surface area contributed by atoms with Crippen LogP contribution in [0.25, 0.3) is 6.08 Å². The quantitative estimate of drug-likeness (QED) is 0.330. The molecule has 0 saturated carbocycles. The van der Waals surface area contributed by atoms with Crippen LogP contribution in [-0.2, 0) is 14.3 Å². The highest BCUT2D eigenvalue weighted by atomic mass is 35.5. The fourth-order valence-electron chi connectivity index (χ4n) is 2.05. The van der Waals surface area contributed by atoms with E-state index in [2.05, 4.69) is 5.32 Å². The highest BCUT2D eigenvalue weighted by Gasteiger charge is 2.12. The van der Waals surface area contributed by atoms with Crippen LogP contribution in [0, 0.1) is 17.0 Å². The van der Waals surface area contributed by atoms with Crippen molar-refractivity contribution in [2.45, 2.75) is 6.92 Å². The predicted octanol–water partition coefficient (Wildman–Crippen LogP) is 4.41. The Morgan fingerprint density at radius 3 is 2.52 bits per heavy atom. The zero-order chi connectivity index (χ0) is 20.0. The lowest BCUT2D eigenvalue weighted by atomic mass is 10.2. The monoisotopic (exact) mass is 408 g/mol. The van der Waals surface area contributed by atoms with E-state index in [-0.39, 0.29) is 11.4 Å². The normalized spacial score (nSPS) is 10.6. The summed E-state index contributed by atoms with van der Waals surface area (Å²) in [6, 6.07) is 8.97. The van der Waals surface area contributed by atoms with Gasteiger partial charge >= 0.3 is 5.97 Å². The SMILES string of the molecule is Cc1ccc([N+](=O)[O-])cc1NC(=O)COC(=O)/C=C/c1c(Cl)cccc1Cl. The number of amides is 1. The molecule has 27 heavy (non-hydrogen) atoms. The van der Waals surface area contributed by atoms with Gasteiger partial charge in [-0.1, -0.05) is 35.3 Å². The number of nitrogens with one attached hydrogen (secondary N) is 1. The molecule has 0 unspecified atom stereocenters. The van der Waals surface area contributed by atoms with Crippen LogP contribution in [0.4, 0.5) is 11.4 Å². The summed E-state index contributed by atoms with van der Waals surface area (Å²) in [4.78, 5) is 33.9. The molecule has 1 amide bonds. The number of hydrogen-bond donors (Lipinski definition) is 1. The van der Waals surface area contributed by atoms with E-state index in [1.54, 1.807) is 25.1 Å². The van der Waals surface area contributed by atoms with Gasteiger partial charge in [0.2, 0.25) is 0 Å². The van der Waals surface area contributed by atoms with Gasteiger partial charge in [-0.25, -0.2) is 4.79 Å². The summed E-state index contributed by atoms with van der Waals surface area (Å²) in [6.07, 6.45) is 2.48. The molecule has 0 aliphatic heterocycles. The Balaban J connectivity index is 1.94. The molecule has 2 aromatic carbocycles. The van der Waals surface area contributed by atoms with Gasteiger partial charge in [-0.05, 0) is 30.7 Å². The number of anilines is 1. The third kappa shape index (κ3) is 5.80. The first-order valence-corrected chi connectivity index (χ1v) is 8.37. The minimum absolute atomic E-state index is 0.160. The molecule has 0 heterocycles. The topological polar surface area (TPSA) is 98.5 Å². The number of halogens is 2. The number of esters is 1. The van der Waals surface area contributed by atoms with E-state index < -0.39 is 23.4 Å². The van der Waals surface area contributed by atoms with Gasteiger partial charge < -0.3 is 10.1 Å². The number of carbonyl (C=O) groups excluding carboxylic acids is 2. The van der Waals surface area contributed by atoms with Crippen molar-refractivity contribution >= 4 is 52.5 Å². The lowest BCUT2D eigenvalue weighted by Gasteiger charge is -2.08. The van der Waals surface area contributed by atoms with Crippen molar-refractivity contribution < 1.29 is 19.2 Å². The first kappa shape index (κ1) is 20.4. The maximum atomic E-state index is 11.9. The van der Waals surface area contributed by atoms with Gasteiger partial charge in [0.05, 0.1) is 10.6 Å². The average molecular weight is 409 g/mol. The highest BCUT2D eigenvalue weighted by molar-refractivity contribution is 6.37. The number of non-ortho nitro benzene ring substituents is 1. The second kappa shape index (κ2) is 9.16. The average Bonchev–Trinajstić information content (AvgIpc) is 2.61. The Bertz CT molecular complexity index is 908. The Morgan fingerprint density at radius 2 is 1.89 bits per heavy atom. The predicted molar refractivity (Wildman–Crippen MR) is 103 cm³/mol. The fraction of sp³-hybridized carbons (Fsp3) is 0.111. The zero-order valence-corrected chi connectivity index (χ0v) is 15.6. The van der Waals surface area contributed by atoms with E-state index in [1.807, 2.05) is 0 Å². The minimum Gasteiger partial charge on any atom is -0.452 e. The van der Waals surface area contributed by atoms with Gasteiger partial charge in [-0.2, -0.15) is 0 Å². The van der Waals surface area contributed by atoms with Crippen molar-refractivity contribution in [1.82, 2.24) is 0 Å². The molecule has 140 valence electrons. The molecular weight excluding hydrogens is 395 g/mol. The molecule has 2 rings (SSSR count). The summed E-state index contributed by atoms with van der Waals surface area (Å²) in [7, 11) is 0. The summed E-state index contributed by atoms with van der Waals surface area (Å²) in [5.74, 6) is -1.40. The van der Waals surface area contributed by atoms with Gasteiger partial charge in [0.25, 0.3) is 11.6 Å². The Labute approximate surface area is 164 Å². The maximum Gasteiger partial charge on any atom is 0.331 e. The van der Waals surface area contributed by atoms with Crippen molar-refractivity contribution in [3.63, 3.8) is 0 Å². The van der Waals surface area contributed by atoms with Crippen LogP contribution < -0.4 is 5.32 Å². The van der Waals surface area contributed by atoms with Gasteiger partial charge in [-0.3, -0.25) is 14.9 Å². The van der Waals surface area contributed by atoms with Gasteiger partial charge in [0.15, 0.2) is 6.61 Å². The Hall–Kier alpha value is -2.90. The van der Waals surface area contributed by atoms with Crippen molar-refractivity contribution in [1.29, 1.82) is 0 Å². The summed E-state index contributed by atoms with van der Waals surface area (Å²) in [5, 5.41) is 14.0. The molecule has 0 spiro atoms. The zero-order valence-electron chi connectivity index (χ0n) is 14.1. The van der Waals surface area contributed by atoms with Crippen molar-refractivity contribution in [3.8, 4) is 0 Å². The smallest absolute Gasteiger partial charge is 0.331 e. The molecule has 0 aromatic heterocycles. The van der Waals surface area contributed by atoms with Crippen LogP contribution in [0.3, 0.4) is 0 Å². The molecule has 0 radical (unpaired) electrons. The van der Waals surface area contributed by atoms with Crippen LogP contribution in [0.2, 0.25) is 10.0 Å². The van der Waals surface area contributed by atoms with Crippen LogP contribution in [-0.4, -0.2) is 23.4 Å². The number of rotatable bonds is 6. The Morgan fingerprint density at radius 1 is 1.22 bits per heavy atom. The third-order valence-electron chi connectivity index (χ3n) is 3.44. The fourth-order valence-corrected chi connectivity index (χ4v) is 2.57. The molecule has 0 aliphatic carbocycles.